The van der Waals surface area contributed by atoms with E-state index in [2.05, 4.69) is 10.6 Å². The maximum absolute atomic E-state index is 13.8. The molecule has 0 heterocycles. The number of aromatic hydroxyl groups is 1. The van der Waals surface area contributed by atoms with Crippen LogP contribution < -0.4 is 15.4 Å². The highest BCUT2D eigenvalue weighted by atomic mass is 127. The van der Waals surface area contributed by atoms with Crippen LogP contribution in [0.5, 0.6) is 11.5 Å². The second-order valence-electron chi connectivity index (χ2n) is 15.7. The topological polar surface area (TPSA) is 159 Å². The maximum atomic E-state index is 13.8. The van der Waals surface area contributed by atoms with Crippen LogP contribution in [0.3, 0.4) is 0 Å². The lowest BCUT2D eigenvalue weighted by atomic mass is 9.95. The van der Waals surface area contributed by atoms with Gasteiger partial charge in [-0.1, -0.05) is 158 Å². The number of ether oxygens (including phenoxy) is 5. The van der Waals surface area contributed by atoms with E-state index in [0.717, 1.165) is 27.8 Å². The fraction of sp³-hybridized carbons (Fsp3) is 0.164. The first-order chi connectivity index (χ1) is 33.2. The number of phenolic OH excluding ortho intramolecular Hbond substituents is 1. The van der Waals surface area contributed by atoms with Crippen LogP contribution in [0.2, 0.25) is 0 Å². The number of phenols is 1. The van der Waals surface area contributed by atoms with Gasteiger partial charge in [0.2, 0.25) is 0 Å². The third-order valence-corrected chi connectivity index (χ3v) is 11.4. The number of rotatable bonds is 20. The van der Waals surface area contributed by atoms with Crippen LogP contribution in [0.15, 0.2) is 182 Å². The van der Waals surface area contributed by atoms with Gasteiger partial charge in [-0.3, -0.25) is 0 Å². The van der Waals surface area contributed by atoms with Crippen LogP contribution >= 0.6 is 22.6 Å². The van der Waals surface area contributed by atoms with E-state index in [1.165, 1.54) is 0 Å². The van der Waals surface area contributed by atoms with Crippen LogP contribution in [-0.4, -0.2) is 41.3 Å². The number of nitrogens with one attached hydrogen (secondary N) is 2. The molecule has 0 radical (unpaired) electrons. The predicted molar refractivity (Wildman–Crippen MR) is 264 cm³/mol. The van der Waals surface area contributed by atoms with Crippen LogP contribution in [0.4, 0.5) is 9.59 Å². The van der Waals surface area contributed by atoms with Crippen molar-refractivity contribution < 1.29 is 48.0 Å². The highest BCUT2D eigenvalue weighted by Gasteiger charge is 2.28. The molecule has 7 aromatic carbocycles. The molecular formula is C55H49IN2O10. The predicted octanol–water partition coefficient (Wildman–Crippen LogP) is 10.4. The lowest BCUT2D eigenvalue weighted by molar-refractivity contribution is -0.148. The average Bonchev–Trinajstić information content (AvgIpc) is 3.37. The van der Waals surface area contributed by atoms with Gasteiger partial charge in [-0.15, -0.1) is 0 Å². The number of alkyl carbamates (subject to hydrolysis) is 2. The molecule has 0 aliphatic carbocycles. The Hall–Kier alpha value is -7.65. The summed E-state index contributed by atoms with van der Waals surface area (Å²) >= 11 is 2.01. The summed E-state index contributed by atoms with van der Waals surface area (Å²) in [6, 6.07) is 52.6. The molecule has 0 fully saturated rings. The van der Waals surface area contributed by atoms with Crippen LogP contribution in [0.1, 0.15) is 38.9 Å². The van der Waals surface area contributed by atoms with E-state index in [-0.39, 0.29) is 51.6 Å². The van der Waals surface area contributed by atoms with Gasteiger partial charge in [-0.2, -0.15) is 0 Å². The Labute approximate surface area is 408 Å². The highest BCUT2D eigenvalue weighted by molar-refractivity contribution is 14.1. The number of carbonyl (C=O) groups excluding carboxylic acids is 4. The zero-order valence-corrected chi connectivity index (χ0v) is 39.1. The molecule has 0 bridgehead atoms. The van der Waals surface area contributed by atoms with E-state index in [1.807, 2.05) is 174 Å². The molecule has 0 saturated heterocycles. The smallest absolute Gasteiger partial charge is 0.408 e. The normalized spacial score (nSPS) is 11.6. The minimum atomic E-state index is -1.19. The van der Waals surface area contributed by atoms with Crippen molar-refractivity contribution >= 4 is 46.7 Å². The molecule has 2 atom stereocenters. The SMILES string of the molecule is O=C(N[C@@H](Cc1ccc(OCc2ccccc2)c(-c2cc(C[C@H](NC(=O)OCc3ccccc3)C(=O)OCc3ccccc3)cc(I)c2O)c1)C(=O)OCc1ccccc1)OCc1ccccc1. The minimum Gasteiger partial charge on any atom is -0.506 e. The lowest BCUT2D eigenvalue weighted by Gasteiger charge is -2.21. The fourth-order valence-electron chi connectivity index (χ4n) is 7.08. The molecule has 0 spiro atoms. The monoisotopic (exact) mass is 1020 g/mol. The molecule has 0 aromatic heterocycles. The molecule has 0 saturated carbocycles. The molecular weight excluding hydrogens is 976 g/mol. The number of hydrogen-bond acceptors (Lipinski definition) is 10. The number of esters is 2. The zero-order chi connectivity index (χ0) is 47.5. The van der Waals surface area contributed by atoms with Gasteiger partial charge in [0.1, 0.15) is 56.6 Å². The molecule has 0 unspecified atom stereocenters. The second-order valence-corrected chi connectivity index (χ2v) is 16.9. The van der Waals surface area contributed by atoms with Crippen molar-refractivity contribution in [3.63, 3.8) is 0 Å². The molecule has 3 N–H and O–H groups in total. The molecule has 346 valence electrons. The van der Waals surface area contributed by atoms with Gasteiger partial charge in [0.15, 0.2) is 0 Å². The summed E-state index contributed by atoms with van der Waals surface area (Å²) in [7, 11) is 0. The van der Waals surface area contributed by atoms with Gasteiger partial charge in [0.25, 0.3) is 0 Å². The van der Waals surface area contributed by atoms with E-state index in [4.69, 9.17) is 23.7 Å². The molecule has 7 rings (SSSR count). The second kappa shape index (κ2) is 24.8. The van der Waals surface area contributed by atoms with Crippen molar-refractivity contribution in [3.8, 4) is 22.6 Å². The van der Waals surface area contributed by atoms with E-state index in [1.54, 1.807) is 30.3 Å². The summed E-state index contributed by atoms with van der Waals surface area (Å²) in [6.07, 6.45) is -1.69. The minimum absolute atomic E-state index is 0.0136. The summed E-state index contributed by atoms with van der Waals surface area (Å²) in [6.45, 7) is 0.120. The molecule has 0 aliphatic heterocycles. The highest BCUT2D eigenvalue weighted by Crippen LogP contribution is 2.41. The van der Waals surface area contributed by atoms with Gasteiger partial charge in [0, 0.05) is 24.0 Å². The number of carbonyl (C=O) groups is 4. The Morgan fingerprint density at radius 1 is 0.426 bits per heavy atom. The quantitative estimate of drug-likeness (QED) is 0.0381. The summed E-state index contributed by atoms with van der Waals surface area (Å²) in [5.41, 5.74) is 5.93. The van der Waals surface area contributed by atoms with Gasteiger partial charge in [-0.05, 0) is 85.8 Å². The van der Waals surface area contributed by atoms with Crippen molar-refractivity contribution in [3.05, 3.63) is 225 Å². The summed E-state index contributed by atoms with van der Waals surface area (Å²) < 4.78 is 29.3. The first kappa shape index (κ1) is 48.3. The number of amides is 2. The molecule has 2 amide bonds. The van der Waals surface area contributed by atoms with Crippen LogP contribution in [0, 0.1) is 3.57 Å². The zero-order valence-electron chi connectivity index (χ0n) is 36.9. The van der Waals surface area contributed by atoms with Crippen molar-refractivity contribution in [1.82, 2.24) is 10.6 Å². The summed E-state index contributed by atoms with van der Waals surface area (Å²) in [5.74, 6) is -1.04. The Balaban J connectivity index is 1.18. The standard InChI is InChI=1S/C55H49IN2O10/c56-47-30-44(32-49(53(61)66-35-40-20-10-3-11-21-40)58-55(63)68-37-42-24-14-5-15-25-42)29-46(51(47)59)45-28-43(26-27-50(45)64-33-38-16-6-1-7-17-38)31-48(52(60)65-34-39-18-8-2-9-19-39)57-54(62)67-36-41-22-12-4-13-23-41/h1-30,48-49,59H,31-37H2,(H,57,62)(H,58,63)/t48-,49-/m0/s1. The summed E-state index contributed by atoms with van der Waals surface area (Å²) in [4.78, 5) is 54.0. The van der Waals surface area contributed by atoms with Gasteiger partial charge >= 0.3 is 24.1 Å². The van der Waals surface area contributed by atoms with E-state index in [9.17, 15) is 24.3 Å². The van der Waals surface area contributed by atoms with E-state index in [0.29, 0.717) is 31.6 Å². The third-order valence-electron chi connectivity index (χ3n) is 10.6. The molecule has 7 aromatic rings. The van der Waals surface area contributed by atoms with Gasteiger partial charge in [0.05, 0.1) is 3.57 Å². The first-order valence-electron chi connectivity index (χ1n) is 21.8. The van der Waals surface area contributed by atoms with Gasteiger partial charge in [-0.25, -0.2) is 19.2 Å². The fourth-order valence-corrected chi connectivity index (χ4v) is 7.78. The Morgan fingerprint density at radius 3 is 1.22 bits per heavy atom. The Bertz CT molecular complexity index is 2750. The Morgan fingerprint density at radius 2 is 0.794 bits per heavy atom. The maximum Gasteiger partial charge on any atom is 0.408 e. The van der Waals surface area contributed by atoms with Gasteiger partial charge < -0.3 is 39.4 Å². The van der Waals surface area contributed by atoms with E-state index >= 15 is 0 Å². The van der Waals surface area contributed by atoms with Crippen molar-refractivity contribution in [2.45, 2.75) is 58.0 Å². The molecule has 68 heavy (non-hydrogen) atoms. The Kier molecular flexibility index (Phi) is 17.6. The van der Waals surface area contributed by atoms with Crippen molar-refractivity contribution in [2.75, 3.05) is 0 Å². The number of hydrogen-bond donors (Lipinski definition) is 3. The van der Waals surface area contributed by atoms with Crippen LogP contribution in [0.25, 0.3) is 11.1 Å². The largest absolute Gasteiger partial charge is 0.506 e. The third kappa shape index (κ3) is 14.7. The summed E-state index contributed by atoms with van der Waals surface area (Å²) in [5, 5.41) is 17.2. The molecule has 0 aliphatic rings. The molecule has 13 heteroatoms. The van der Waals surface area contributed by atoms with Crippen LogP contribution in [-0.2, 0) is 74.4 Å². The number of benzene rings is 7. The van der Waals surface area contributed by atoms with Crippen molar-refractivity contribution in [2.24, 2.45) is 0 Å². The average molecular weight is 1020 g/mol. The van der Waals surface area contributed by atoms with Crippen molar-refractivity contribution in [1.29, 1.82) is 0 Å². The lowest BCUT2D eigenvalue weighted by Crippen LogP contribution is -2.43. The van der Waals surface area contributed by atoms with E-state index < -0.39 is 36.2 Å². The first-order valence-corrected chi connectivity index (χ1v) is 22.9. The molecule has 12 nitrogen and oxygen atoms in total. The number of halogens is 1.